The highest BCUT2D eigenvalue weighted by molar-refractivity contribution is 5.48. The van der Waals surface area contributed by atoms with Crippen molar-refractivity contribution in [3.8, 4) is 5.69 Å². The van der Waals surface area contributed by atoms with Crippen molar-refractivity contribution in [3.63, 3.8) is 0 Å². The lowest BCUT2D eigenvalue weighted by molar-refractivity contribution is 0.569. The molecule has 3 heteroatoms. The first-order valence-corrected chi connectivity index (χ1v) is 6.71. The van der Waals surface area contributed by atoms with Crippen LogP contribution in [0.4, 0.5) is 0 Å². The molecule has 0 N–H and O–H groups in total. The lowest BCUT2D eigenvalue weighted by atomic mass is 9.81. The van der Waals surface area contributed by atoms with Gasteiger partial charge in [-0.1, -0.05) is 58.9 Å². The fourth-order valence-corrected chi connectivity index (χ4v) is 2.16. The van der Waals surface area contributed by atoms with Gasteiger partial charge in [0.2, 0.25) is 0 Å². The molecule has 0 saturated carbocycles. The van der Waals surface area contributed by atoms with Crippen LogP contribution in [0.2, 0.25) is 0 Å². The molecule has 0 unspecified atom stereocenters. The van der Waals surface area contributed by atoms with Gasteiger partial charge >= 0.3 is 0 Å². The highest BCUT2D eigenvalue weighted by Gasteiger charge is 2.22. The summed E-state index contributed by atoms with van der Waals surface area (Å²) in [5.74, 6) is 0. The number of benzene rings is 1. The van der Waals surface area contributed by atoms with E-state index in [2.05, 4.69) is 70.1 Å². The Morgan fingerprint density at radius 1 is 0.947 bits per heavy atom. The minimum Gasteiger partial charge on any atom is -0.220 e. The molecule has 0 fully saturated rings. The summed E-state index contributed by atoms with van der Waals surface area (Å²) < 4.78 is 1.86. The summed E-state index contributed by atoms with van der Waals surface area (Å²) in [5.41, 5.74) is 3.93. The fourth-order valence-electron chi connectivity index (χ4n) is 2.16. The van der Waals surface area contributed by atoms with Crippen molar-refractivity contribution < 1.29 is 0 Å². The van der Waals surface area contributed by atoms with Crippen LogP contribution in [0, 0.1) is 0 Å². The molecule has 0 bridgehead atoms. The monoisotopic (exact) mass is 257 g/mol. The second kappa shape index (κ2) is 4.48. The Morgan fingerprint density at radius 2 is 1.63 bits per heavy atom. The van der Waals surface area contributed by atoms with Crippen molar-refractivity contribution in [3.05, 3.63) is 41.7 Å². The van der Waals surface area contributed by atoms with Crippen molar-refractivity contribution in [1.82, 2.24) is 15.0 Å². The normalized spacial score (nSPS) is 12.7. The number of nitrogens with zero attached hydrogens (tertiary/aromatic N) is 3. The largest absolute Gasteiger partial charge is 0.220 e. The first kappa shape index (κ1) is 13.8. The molecule has 2 aromatic rings. The molecule has 3 nitrogen and oxygen atoms in total. The molecule has 1 aromatic carbocycles. The summed E-state index contributed by atoms with van der Waals surface area (Å²) in [6.45, 7) is 13.3. The summed E-state index contributed by atoms with van der Waals surface area (Å²) in [6.07, 6.45) is 3.62. The van der Waals surface area contributed by atoms with Crippen molar-refractivity contribution >= 4 is 0 Å². The molecule has 0 aliphatic rings. The van der Waals surface area contributed by atoms with Gasteiger partial charge in [-0.05, 0) is 28.0 Å². The maximum atomic E-state index is 4.15. The highest BCUT2D eigenvalue weighted by atomic mass is 15.4. The molecule has 2 rings (SSSR count). The van der Waals surface area contributed by atoms with Crippen LogP contribution in [-0.4, -0.2) is 15.0 Å². The molecule has 0 spiro atoms. The summed E-state index contributed by atoms with van der Waals surface area (Å²) in [5, 5.41) is 8.08. The maximum Gasteiger partial charge on any atom is 0.0703 e. The summed E-state index contributed by atoms with van der Waals surface area (Å²) >= 11 is 0. The van der Waals surface area contributed by atoms with Gasteiger partial charge in [-0.2, -0.15) is 0 Å². The number of rotatable bonds is 1. The zero-order chi connectivity index (χ0) is 14.3. The van der Waals surface area contributed by atoms with Crippen LogP contribution in [0.1, 0.15) is 52.7 Å². The average Bonchev–Trinajstić information content (AvgIpc) is 2.79. The zero-order valence-electron chi connectivity index (χ0n) is 12.7. The maximum absolute atomic E-state index is 4.15. The first-order chi connectivity index (χ1) is 8.69. The van der Waals surface area contributed by atoms with Crippen LogP contribution < -0.4 is 0 Å². The number of hydrogen-bond acceptors (Lipinski definition) is 2. The minimum absolute atomic E-state index is 0.0810. The van der Waals surface area contributed by atoms with Crippen molar-refractivity contribution in [2.75, 3.05) is 0 Å². The zero-order valence-corrected chi connectivity index (χ0v) is 12.7. The smallest absolute Gasteiger partial charge is 0.0703 e. The molecular weight excluding hydrogens is 234 g/mol. The third-order valence-electron chi connectivity index (χ3n) is 3.34. The lowest BCUT2D eigenvalue weighted by Gasteiger charge is -2.26. The van der Waals surface area contributed by atoms with E-state index in [4.69, 9.17) is 0 Å². The molecule has 1 aromatic heterocycles. The standard InChI is InChI=1S/C16H23N3/c1-15(2,3)12-7-8-13(16(4,5)6)14(11-12)19-10-9-17-18-19/h7-11H,1-6H3. The van der Waals surface area contributed by atoms with E-state index in [1.165, 1.54) is 11.1 Å². The van der Waals surface area contributed by atoms with E-state index in [-0.39, 0.29) is 10.8 Å². The van der Waals surface area contributed by atoms with Crippen LogP contribution in [-0.2, 0) is 10.8 Å². The topological polar surface area (TPSA) is 30.7 Å². The Bertz CT molecular complexity index is 555. The van der Waals surface area contributed by atoms with E-state index in [0.717, 1.165) is 5.69 Å². The molecule has 102 valence electrons. The SMILES string of the molecule is CC(C)(C)c1ccc(C(C)(C)C)c(-n2ccnn2)c1. The van der Waals surface area contributed by atoms with Crippen LogP contribution in [0.15, 0.2) is 30.6 Å². The predicted octanol–water partition coefficient (Wildman–Crippen LogP) is 3.86. The van der Waals surface area contributed by atoms with E-state index in [1.54, 1.807) is 6.20 Å². The van der Waals surface area contributed by atoms with Crippen molar-refractivity contribution in [2.45, 2.75) is 52.4 Å². The van der Waals surface area contributed by atoms with E-state index < -0.39 is 0 Å². The molecular formula is C16H23N3. The second-order valence-electron chi connectivity index (χ2n) is 7.08. The molecule has 0 saturated heterocycles. The Morgan fingerprint density at radius 3 is 2.11 bits per heavy atom. The minimum atomic E-state index is 0.0810. The summed E-state index contributed by atoms with van der Waals surface area (Å²) in [4.78, 5) is 0. The van der Waals surface area contributed by atoms with Gasteiger partial charge in [0.1, 0.15) is 0 Å². The van der Waals surface area contributed by atoms with Gasteiger partial charge in [-0.15, -0.1) is 5.10 Å². The molecule has 0 atom stereocenters. The van der Waals surface area contributed by atoms with Crippen molar-refractivity contribution in [2.24, 2.45) is 0 Å². The van der Waals surface area contributed by atoms with Gasteiger partial charge in [0, 0.05) is 0 Å². The van der Waals surface area contributed by atoms with Gasteiger partial charge in [0.15, 0.2) is 0 Å². The van der Waals surface area contributed by atoms with Crippen LogP contribution in [0.3, 0.4) is 0 Å². The quantitative estimate of drug-likeness (QED) is 0.776. The van der Waals surface area contributed by atoms with Crippen LogP contribution in [0.25, 0.3) is 5.69 Å². The Balaban J connectivity index is 2.65. The van der Waals surface area contributed by atoms with Gasteiger partial charge in [-0.3, -0.25) is 0 Å². The molecule has 19 heavy (non-hydrogen) atoms. The van der Waals surface area contributed by atoms with E-state index >= 15 is 0 Å². The summed E-state index contributed by atoms with van der Waals surface area (Å²) in [7, 11) is 0. The molecule has 0 radical (unpaired) electrons. The molecule has 0 aliphatic heterocycles. The van der Waals surface area contributed by atoms with Gasteiger partial charge in [0.05, 0.1) is 18.1 Å². The van der Waals surface area contributed by atoms with E-state index in [1.807, 2.05) is 10.9 Å². The Labute approximate surface area is 115 Å². The molecule has 1 heterocycles. The average molecular weight is 257 g/mol. The first-order valence-electron chi connectivity index (χ1n) is 6.71. The third kappa shape index (κ3) is 2.86. The fraction of sp³-hybridized carbons (Fsp3) is 0.500. The predicted molar refractivity (Wildman–Crippen MR) is 78.8 cm³/mol. The Kier molecular flexibility index (Phi) is 3.25. The van der Waals surface area contributed by atoms with Crippen molar-refractivity contribution in [1.29, 1.82) is 0 Å². The number of aromatic nitrogens is 3. The molecule has 0 amide bonds. The van der Waals surface area contributed by atoms with Crippen LogP contribution >= 0.6 is 0 Å². The van der Waals surface area contributed by atoms with Gasteiger partial charge in [0.25, 0.3) is 0 Å². The number of hydrogen-bond donors (Lipinski definition) is 0. The second-order valence-corrected chi connectivity index (χ2v) is 7.08. The highest BCUT2D eigenvalue weighted by Crippen LogP contribution is 2.32. The van der Waals surface area contributed by atoms with E-state index in [0.29, 0.717) is 0 Å². The van der Waals surface area contributed by atoms with Gasteiger partial charge in [-0.25, -0.2) is 4.68 Å². The molecule has 0 aliphatic carbocycles. The summed E-state index contributed by atoms with van der Waals surface area (Å²) in [6, 6.07) is 6.67. The van der Waals surface area contributed by atoms with Gasteiger partial charge < -0.3 is 0 Å². The lowest BCUT2D eigenvalue weighted by Crippen LogP contribution is -2.18. The third-order valence-corrected chi connectivity index (χ3v) is 3.34. The van der Waals surface area contributed by atoms with E-state index in [9.17, 15) is 0 Å². The Hall–Kier alpha value is -1.64. The van der Waals surface area contributed by atoms with Crippen LogP contribution in [0.5, 0.6) is 0 Å².